The number of amides is 1. The molecule has 6 heteroatoms. The standard InChI is InChI=1S/C23H27Cl2FN2O/c1-17-5-2-3-12-27(17)13-4-14-28(16-18-6-11-21(24)22(25)15-18)23(29)19-7-9-20(26)10-8-19/h6-11,15,17H,2-5,12-14,16H2,1H3. The number of halogens is 3. The molecule has 1 fully saturated rings. The molecule has 1 amide bonds. The second-order valence-corrected chi connectivity index (χ2v) is 8.53. The van der Waals surface area contributed by atoms with E-state index in [9.17, 15) is 9.18 Å². The van der Waals surface area contributed by atoms with Crippen LogP contribution in [-0.4, -0.2) is 41.4 Å². The molecule has 1 aliphatic heterocycles. The van der Waals surface area contributed by atoms with Crippen LogP contribution in [0.4, 0.5) is 4.39 Å². The summed E-state index contributed by atoms with van der Waals surface area (Å²) in [5.41, 5.74) is 1.40. The van der Waals surface area contributed by atoms with Crippen LogP contribution >= 0.6 is 23.2 Å². The van der Waals surface area contributed by atoms with Gasteiger partial charge in [0.2, 0.25) is 0 Å². The van der Waals surface area contributed by atoms with Gasteiger partial charge in [0.25, 0.3) is 5.91 Å². The van der Waals surface area contributed by atoms with Gasteiger partial charge in [-0.3, -0.25) is 4.79 Å². The smallest absolute Gasteiger partial charge is 0.254 e. The topological polar surface area (TPSA) is 23.6 Å². The van der Waals surface area contributed by atoms with Gasteiger partial charge in [-0.1, -0.05) is 35.7 Å². The zero-order valence-electron chi connectivity index (χ0n) is 16.7. The highest BCUT2D eigenvalue weighted by molar-refractivity contribution is 6.42. The second-order valence-electron chi connectivity index (χ2n) is 7.72. The number of hydrogen-bond donors (Lipinski definition) is 0. The number of nitrogens with zero attached hydrogens (tertiary/aromatic N) is 2. The van der Waals surface area contributed by atoms with Gasteiger partial charge in [-0.2, -0.15) is 0 Å². The molecule has 0 radical (unpaired) electrons. The van der Waals surface area contributed by atoms with Gasteiger partial charge in [0.15, 0.2) is 0 Å². The van der Waals surface area contributed by atoms with E-state index < -0.39 is 0 Å². The summed E-state index contributed by atoms with van der Waals surface area (Å²) in [5.74, 6) is -0.459. The lowest BCUT2D eigenvalue weighted by molar-refractivity contribution is 0.0726. The first kappa shape index (κ1) is 22.1. The van der Waals surface area contributed by atoms with Crippen LogP contribution in [0.2, 0.25) is 10.0 Å². The molecule has 2 aromatic carbocycles. The van der Waals surface area contributed by atoms with Crippen molar-refractivity contribution in [2.24, 2.45) is 0 Å². The molecule has 0 aromatic heterocycles. The Labute approximate surface area is 182 Å². The number of carbonyl (C=O) groups excluding carboxylic acids is 1. The lowest BCUT2D eigenvalue weighted by atomic mass is 10.0. The SMILES string of the molecule is CC1CCCCN1CCCN(Cc1ccc(Cl)c(Cl)c1)C(=O)c1ccc(F)cc1. The van der Waals surface area contributed by atoms with Gasteiger partial charge in [-0.25, -0.2) is 4.39 Å². The summed E-state index contributed by atoms with van der Waals surface area (Å²) in [5, 5.41) is 0.964. The molecule has 1 saturated heterocycles. The third kappa shape index (κ3) is 6.18. The second kappa shape index (κ2) is 10.4. The number of likely N-dealkylation sites (tertiary alicyclic amines) is 1. The lowest BCUT2D eigenvalue weighted by Gasteiger charge is -2.34. The molecule has 1 aliphatic rings. The average molecular weight is 437 g/mol. The summed E-state index contributed by atoms with van der Waals surface area (Å²) in [6, 6.07) is 11.7. The van der Waals surface area contributed by atoms with Crippen molar-refractivity contribution in [3.8, 4) is 0 Å². The normalized spacial score (nSPS) is 17.3. The number of hydrogen-bond acceptors (Lipinski definition) is 2. The van der Waals surface area contributed by atoms with Crippen LogP contribution in [0.5, 0.6) is 0 Å². The summed E-state index contributed by atoms with van der Waals surface area (Å²) in [6.45, 7) is 5.42. The van der Waals surface area contributed by atoms with E-state index in [1.807, 2.05) is 6.07 Å². The maximum atomic E-state index is 13.3. The van der Waals surface area contributed by atoms with Crippen LogP contribution in [0.1, 0.15) is 48.5 Å². The van der Waals surface area contributed by atoms with Crippen LogP contribution in [0.3, 0.4) is 0 Å². The lowest BCUT2D eigenvalue weighted by Crippen LogP contribution is -2.40. The van der Waals surface area contributed by atoms with Crippen molar-refractivity contribution in [3.05, 3.63) is 69.5 Å². The highest BCUT2D eigenvalue weighted by Gasteiger charge is 2.20. The highest BCUT2D eigenvalue weighted by Crippen LogP contribution is 2.24. The first-order chi connectivity index (χ1) is 13.9. The summed E-state index contributed by atoms with van der Waals surface area (Å²) in [6.07, 6.45) is 4.66. The van der Waals surface area contributed by atoms with E-state index in [4.69, 9.17) is 23.2 Å². The van der Waals surface area contributed by atoms with Gasteiger partial charge in [0.05, 0.1) is 10.0 Å². The molecule has 156 valence electrons. The van der Waals surface area contributed by atoms with Gasteiger partial charge < -0.3 is 9.80 Å². The Morgan fingerprint density at radius 1 is 1.14 bits per heavy atom. The van der Waals surface area contributed by atoms with E-state index in [2.05, 4.69) is 11.8 Å². The quantitative estimate of drug-likeness (QED) is 0.527. The number of benzene rings is 2. The van der Waals surface area contributed by atoms with E-state index in [1.54, 1.807) is 17.0 Å². The maximum Gasteiger partial charge on any atom is 0.254 e. The largest absolute Gasteiger partial charge is 0.334 e. The fraction of sp³-hybridized carbons (Fsp3) is 0.435. The maximum absolute atomic E-state index is 13.3. The monoisotopic (exact) mass is 436 g/mol. The Morgan fingerprint density at radius 2 is 1.90 bits per heavy atom. The van der Waals surface area contributed by atoms with Crippen LogP contribution in [0.15, 0.2) is 42.5 Å². The Bertz CT molecular complexity index is 828. The summed E-state index contributed by atoms with van der Waals surface area (Å²) < 4.78 is 13.3. The number of rotatable bonds is 7. The van der Waals surface area contributed by atoms with E-state index in [0.29, 0.717) is 34.7 Å². The summed E-state index contributed by atoms with van der Waals surface area (Å²) in [4.78, 5) is 17.4. The summed E-state index contributed by atoms with van der Waals surface area (Å²) >= 11 is 12.2. The first-order valence-electron chi connectivity index (χ1n) is 10.2. The Morgan fingerprint density at radius 3 is 2.59 bits per heavy atom. The fourth-order valence-corrected chi connectivity index (χ4v) is 4.16. The van der Waals surface area contributed by atoms with E-state index >= 15 is 0 Å². The predicted octanol–water partition coefficient (Wildman–Crippen LogP) is 6.04. The third-order valence-corrected chi connectivity index (χ3v) is 6.29. The van der Waals surface area contributed by atoms with Gasteiger partial charge in [0, 0.05) is 31.2 Å². The van der Waals surface area contributed by atoms with Gasteiger partial charge in [0.1, 0.15) is 5.82 Å². The van der Waals surface area contributed by atoms with Crippen molar-refractivity contribution < 1.29 is 9.18 Å². The highest BCUT2D eigenvalue weighted by atomic mass is 35.5. The van der Waals surface area contributed by atoms with Gasteiger partial charge in [-0.15, -0.1) is 0 Å². The van der Waals surface area contributed by atoms with E-state index in [1.165, 1.54) is 43.5 Å². The predicted molar refractivity (Wildman–Crippen MR) is 117 cm³/mol. The minimum atomic E-state index is -0.350. The van der Waals surface area contributed by atoms with Crippen LogP contribution in [0.25, 0.3) is 0 Å². The molecule has 0 aliphatic carbocycles. The molecule has 1 heterocycles. The van der Waals surface area contributed by atoms with Crippen molar-refractivity contribution in [1.82, 2.24) is 9.80 Å². The first-order valence-corrected chi connectivity index (χ1v) is 10.9. The van der Waals surface area contributed by atoms with Crippen LogP contribution < -0.4 is 0 Å². The number of piperidine rings is 1. The Hall–Kier alpha value is -1.62. The van der Waals surface area contributed by atoms with Crippen molar-refractivity contribution in [2.75, 3.05) is 19.6 Å². The molecular formula is C23H27Cl2FN2O. The zero-order valence-corrected chi connectivity index (χ0v) is 18.2. The molecule has 1 atom stereocenters. The molecule has 0 bridgehead atoms. The van der Waals surface area contributed by atoms with E-state index in [0.717, 1.165) is 25.1 Å². The third-order valence-electron chi connectivity index (χ3n) is 5.55. The van der Waals surface area contributed by atoms with Crippen molar-refractivity contribution in [3.63, 3.8) is 0 Å². The minimum Gasteiger partial charge on any atom is -0.334 e. The summed E-state index contributed by atoms with van der Waals surface area (Å²) in [7, 11) is 0. The van der Waals surface area contributed by atoms with Crippen molar-refractivity contribution in [2.45, 2.75) is 45.2 Å². The van der Waals surface area contributed by atoms with Crippen LogP contribution in [0, 0.1) is 5.82 Å². The Balaban J connectivity index is 1.70. The van der Waals surface area contributed by atoms with Crippen molar-refractivity contribution in [1.29, 1.82) is 0 Å². The molecule has 29 heavy (non-hydrogen) atoms. The number of carbonyl (C=O) groups is 1. The van der Waals surface area contributed by atoms with Crippen LogP contribution in [-0.2, 0) is 6.54 Å². The van der Waals surface area contributed by atoms with Crippen molar-refractivity contribution >= 4 is 29.1 Å². The molecule has 3 rings (SSSR count). The average Bonchev–Trinajstić information content (AvgIpc) is 2.71. The molecule has 0 N–H and O–H groups in total. The molecule has 3 nitrogen and oxygen atoms in total. The zero-order chi connectivity index (χ0) is 20.8. The molecule has 0 spiro atoms. The fourth-order valence-electron chi connectivity index (χ4n) is 3.84. The van der Waals surface area contributed by atoms with Gasteiger partial charge in [-0.05, 0) is 74.7 Å². The van der Waals surface area contributed by atoms with E-state index in [-0.39, 0.29) is 11.7 Å². The minimum absolute atomic E-state index is 0.109. The molecule has 1 unspecified atom stereocenters. The molecular weight excluding hydrogens is 410 g/mol. The molecule has 2 aromatic rings. The Kier molecular flexibility index (Phi) is 7.93. The molecule has 0 saturated carbocycles. The van der Waals surface area contributed by atoms with Gasteiger partial charge >= 0.3 is 0 Å².